The molecule has 1 aromatic rings. The Bertz CT molecular complexity index is 514. The lowest BCUT2D eigenvalue weighted by atomic mass is 10.3. The van der Waals surface area contributed by atoms with E-state index in [0.717, 1.165) is 0 Å². The SMILES string of the molecule is O=S(=O)(NCCCCO)c1ccc2c(c1)OCO2. The molecule has 0 aliphatic carbocycles. The van der Waals surface area contributed by atoms with E-state index in [1.54, 1.807) is 6.07 Å². The van der Waals surface area contributed by atoms with Crippen molar-refractivity contribution < 1.29 is 23.0 Å². The highest BCUT2D eigenvalue weighted by molar-refractivity contribution is 7.89. The Labute approximate surface area is 106 Å². The molecule has 0 fully saturated rings. The first-order chi connectivity index (χ1) is 8.63. The lowest BCUT2D eigenvalue weighted by Crippen LogP contribution is -2.24. The summed E-state index contributed by atoms with van der Waals surface area (Å²) in [5.41, 5.74) is 0. The van der Waals surface area contributed by atoms with Crippen LogP contribution in [0.5, 0.6) is 11.5 Å². The van der Waals surface area contributed by atoms with E-state index in [1.807, 2.05) is 0 Å². The molecule has 0 bridgehead atoms. The number of fused-ring (bicyclic) bond motifs is 1. The van der Waals surface area contributed by atoms with Gasteiger partial charge in [-0.2, -0.15) is 0 Å². The second-order valence-corrected chi connectivity index (χ2v) is 5.61. The first kappa shape index (κ1) is 13.1. The average molecular weight is 273 g/mol. The largest absolute Gasteiger partial charge is 0.454 e. The van der Waals surface area contributed by atoms with E-state index in [1.165, 1.54) is 12.1 Å². The molecule has 0 amide bonds. The molecule has 18 heavy (non-hydrogen) atoms. The van der Waals surface area contributed by atoms with E-state index in [0.29, 0.717) is 30.9 Å². The van der Waals surface area contributed by atoms with E-state index < -0.39 is 10.0 Å². The zero-order valence-corrected chi connectivity index (χ0v) is 10.6. The molecule has 6 nitrogen and oxygen atoms in total. The van der Waals surface area contributed by atoms with Crippen LogP contribution < -0.4 is 14.2 Å². The number of hydrogen-bond donors (Lipinski definition) is 2. The van der Waals surface area contributed by atoms with E-state index in [-0.39, 0.29) is 18.3 Å². The molecule has 2 N–H and O–H groups in total. The van der Waals surface area contributed by atoms with Gasteiger partial charge in [-0.25, -0.2) is 13.1 Å². The van der Waals surface area contributed by atoms with Crippen LogP contribution in [0.4, 0.5) is 0 Å². The van der Waals surface area contributed by atoms with Crippen LogP contribution in [0.2, 0.25) is 0 Å². The highest BCUT2D eigenvalue weighted by Crippen LogP contribution is 2.33. The van der Waals surface area contributed by atoms with Crippen LogP contribution in [0.15, 0.2) is 23.1 Å². The van der Waals surface area contributed by atoms with Crippen molar-refractivity contribution in [2.45, 2.75) is 17.7 Å². The van der Waals surface area contributed by atoms with Crippen LogP contribution in [-0.2, 0) is 10.0 Å². The van der Waals surface area contributed by atoms with Gasteiger partial charge in [0, 0.05) is 19.2 Å². The van der Waals surface area contributed by atoms with Gasteiger partial charge in [0.15, 0.2) is 11.5 Å². The van der Waals surface area contributed by atoms with Crippen LogP contribution in [-0.4, -0.2) is 33.5 Å². The Balaban J connectivity index is 2.05. The van der Waals surface area contributed by atoms with E-state index >= 15 is 0 Å². The quantitative estimate of drug-likeness (QED) is 0.736. The third-order valence-corrected chi connectivity index (χ3v) is 3.99. The van der Waals surface area contributed by atoms with Gasteiger partial charge in [-0.3, -0.25) is 0 Å². The van der Waals surface area contributed by atoms with Gasteiger partial charge < -0.3 is 14.6 Å². The van der Waals surface area contributed by atoms with Gasteiger partial charge in [0.05, 0.1) is 4.90 Å². The third kappa shape index (κ3) is 2.92. The van der Waals surface area contributed by atoms with Crippen LogP contribution >= 0.6 is 0 Å². The number of sulfonamides is 1. The minimum Gasteiger partial charge on any atom is -0.454 e. The fourth-order valence-corrected chi connectivity index (χ4v) is 2.66. The number of rotatable bonds is 6. The molecule has 1 aromatic carbocycles. The number of benzene rings is 1. The summed E-state index contributed by atoms with van der Waals surface area (Å²) >= 11 is 0. The summed E-state index contributed by atoms with van der Waals surface area (Å²) < 4.78 is 36.6. The molecule has 0 saturated heterocycles. The van der Waals surface area contributed by atoms with Crippen LogP contribution in [0.25, 0.3) is 0 Å². The van der Waals surface area contributed by atoms with E-state index in [4.69, 9.17) is 14.6 Å². The minimum atomic E-state index is -3.53. The highest BCUT2D eigenvalue weighted by Gasteiger charge is 2.19. The van der Waals surface area contributed by atoms with Crippen molar-refractivity contribution in [2.24, 2.45) is 0 Å². The Morgan fingerprint density at radius 3 is 2.78 bits per heavy atom. The van der Waals surface area contributed by atoms with Crippen LogP contribution in [0.1, 0.15) is 12.8 Å². The first-order valence-corrected chi connectivity index (χ1v) is 7.12. The number of aliphatic hydroxyl groups is 1. The minimum absolute atomic E-state index is 0.0613. The van der Waals surface area contributed by atoms with Gasteiger partial charge in [0.1, 0.15) is 0 Å². The van der Waals surface area contributed by atoms with Gasteiger partial charge >= 0.3 is 0 Å². The number of nitrogens with one attached hydrogen (secondary N) is 1. The molecular weight excluding hydrogens is 258 g/mol. The molecule has 1 heterocycles. The Morgan fingerprint density at radius 2 is 2.00 bits per heavy atom. The monoisotopic (exact) mass is 273 g/mol. The van der Waals surface area contributed by atoms with Crippen molar-refractivity contribution in [2.75, 3.05) is 19.9 Å². The van der Waals surface area contributed by atoms with Crippen LogP contribution in [0.3, 0.4) is 0 Å². The second kappa shape index (κ2) is 5.55. The van der Waals surface area contributed by atoms with Crippen molar-refractivity contribution in [3.63, 3.8) is 0 Å². The lowest BCUT2D eigenvalue weighted by molar-refractivity contribution is 0.174. The first-order valence-electron chi connectivity index (χ1n) is 5.63. The summed E-state index contributed by atoms with van der Waals surface area (Å²) in [5.74, 6) is 0.988. The zero-order chi connectivity index (χ0) is 13.0. The summed E-state index contributed by atoms with van der Waals surface area (Å²) in [6, 6.07) is 4.49. The molecule has 0 radical (unpaired) electrons. The molecule has 100 valence electrons. The average Bonchev–Trinajstić information content (AvgIpc) is 2.82. The molecule has 0 spiro atoms. The van der Waals surface area contributed by atoms with Crippen molar-refractivity contribution in [1.29, 1.82) is 0 Å². The number of aliphatic hydroxyl groups excluding tert-OH is 1. The summed E-state index contributed by atoms with van der Waals surface area (Å²) in [6.07, 6.45) is 1.17. The van der Waals surface area contributed by atoms with E-state index in [9.17, 15) is 8.42 Å². The summed E-state index contributed by atoms with van der Waals surface area (Å²) in [7, 11) is -3.53. The maximum absolute atomic E-state index is 11.9. The molecule has 2 rings (SSSR count). The number of hydrogen-bond acceptors (Lipinski definition) is 5. The fraction of sp³-hybridized carbons (Fsp3) is 0.455. The predicted octanol–water partition coefficient (Wildman–Crippen LogP) is 0.466. The van der Waals surface area contributed by atoms with Gasteiger partial charge in [0.2, 0.25) is 16.8 Å². The summed E-state index contributed by atoms with van der Waals surface area (Å²) in [5, 5.41) is 8.61. The lowest BCUT2D eigenvalue weighted by Gasteiger charge is -2.06. The molecule has 7 heteroatoms. The second-order valence-electron chi connectivity index (χ2n) is 3.84. The molecule has 0 aromatic heterocycles. The Kier molecular flexibility index (Phi) is 4.05. The number of unbranched alkanes of at least 4 members (excludes halogenated alkanes) is 1. The standard InChI is InChI=1S/C11H15NO5S/c13-6-2-1-5-12-18(14,15)9-3-4-10-11(7-9)17-8-16-10/h3-4,7,12-13H,1-2,5-6,8H2. The molecule has 0 unspecified atom stereocenters. The summed E-state index contributed by atoms with van der Waals surface area (Å²) in [4.78, 5) is 0.149. The maximum atomic E-state index is 11.9. The zero-order valence-electron chi connectivity index (χ0n) is 9.76. The fourth-order valence-electron chi connectivity index (χ4n) is 1.57. The van der Waals surface area contributed by atoms with Gasteiger partial charge in [0.25, 0.3) is 0 Å². The Hall–Kier alpha value is -1.31. The van der Waals surface area contributed by atoms with Crippen molar-refractivity contribution >= 4 is 10.0 Å². The molecule has 0 atom stereocenters. The molecular formula is C11H15NO5S. The number of ether oxygens (including phenoxy) is 2. The third-order valence-electron chi connectivity index (χ3n) is 2.53. The van der Waals surface area contributed by atoms with Crippen molar-refractivity contribution in [3.8, 4) is 11.5 Å². The van der Waals surface area contributed by atoms with Gasteiger partial charge in [-0.05, 0) is 25.0 Å². The predicted molar refractivity (Wildman–Crippen MR) is 64.1 cm³/mol. The Morgan fingerprint density at radius 1 is 1.22 bits per heavy atom. The van der Waals surface area contributed by atoms with Crippen molar-refractivity contribution in [3.05, 3.63) is 18.2 Å². The van der Waals surface area contributed by atoms with Crippen LogP contribution in [0, 0.1) is 0 Å². The van der Waals surface area contributed by atoms with Gasteiger partial charge in [-0.1, -0.05) is 0 Å². The highest BCUT2D eigenvalue weighted by atomic mass is 32.2. The summed E-state index contributed by atoms with van der Waals surface area (Å²) in [6.45, 7) is 0.478. The molecule has 1 aliphatic heterocycles. The normalized spacial score (nSPS) is 13.8. The maximum Gasteiger partial charge on any atom is 0.240 e. The van der Waals surface area contributed by atoms with E-state index in [2.05, 4.69) is 4.72 Å². The molecule has 0 saturated carbocycles. The van der Waals surface area contributed by atoms with Crippen molar-refractivity contribution in [1.82, 2.24) is 4.72 Å². The molecule has 1 aliphatic rings. The topological polar surface area (TPSA) is 84.9 Å². The van der Waals surface area contributed by atoms with Gasteiger partial charge in [-0.15, -0.1) is 0 Å². The smallest absolute Gasteiger partial charge is 0.240 e.